The summed E-state index contributed by atoms with van der Waals surface area (Å²) in [6, 6.07) is 10.4. The van der Waals surface area contributed by atoms with Crippen LogP contribution in [-0.2, 0) is 32.1 Å². The highest BCUT2D eigenvalue weighted by Crippen LogP contribution is 2.21. The number of aromatic nitrogens is 1. The number of aliphatic hydroxyl groups is 1. The number of methoxy groups -OCH3 is 1. The Morgan fingerprint density at radius 2 is 1.83 bits per heavy atom. The minimum atomic E-state index is -2.74. The summed E-state index contributed by atoms with van der Waals surface area (Å²) in [4.78, 5) is 30.5. The average molecular weight is 494 g/mol. The van der Waals surface area contributed by atoms with Gasteiger partial charge in [0.25, 0.3) is 0 Å². The molecule has 192 valence electrons. The number of carboxylic acid groups (broad SMARTS) is 3. The van der Waals surface area contributed by atoms with Crippen LogP contribution in [0.3, 0.4) is 0 Å². The fourth-order valence-electron chi connectivity index (χ4n) is 3.54. The molecule has 0 unspecified atom stereocenters. The van der Waals surface area contributed by atoms with Crippen LogP contribution in [0, 0.1) is 12.8 Å². The van der Waals surface area contributed by atoms with Gasteiger partial charge >= 0.3 is 17.9 Å². The van der Waals surface area contributed by atoms with Crippen LogP contribution in [0.5, 0.6) is 5.75 Å². The van der Waals surface area contributed by atoms with Crippen LogP contribution in [0.2, 0.25) is 0 Å². The van der Waals surface area contributed by atoms with Crippen LogP contribution in [0.15, 0.2) is 34.9 Å². The van der Waals surface area contributed by atoms with Gasteiger partial charge in [0.05, 0.1) is 38.9 Å². The van der Waals surface area contributed by atoms with E-state index < -0.39 is 36.4 Å². The van der Waals surface area contributed by atoms with Gasteiger partial charge in [0.15, 0.2) is 5.60 Å². The highest BCUT2D eigenvalue weighted by Gasteiger charge is 2.40. The van der Waals surface area contributed by atoms with Crippen molar-refractivity contribution in [2.45, 2.75) is 44.4 Å². The Balaban J connectivity index is 0.000000287. The Hall–Kier alpha value is -3.48. The van der Waals surface area contributed by atoms with Gasteiger partial charge in [0.2, 0.25) is 0 Å². The van der Waals surface area contributed by atoms with E-state index in [0.29, 0.717) is 12.0 Å². The van der Waals surface area contributed by atoms with E-state index in [1.54, 1.807) is 7.11 Å². The minimum Gasteiger partial charge on any atom is -0.497 e. The van der Waals surface area contributed by atoms with Crippen molar-refractivity contribution in [3.63, 3.8) is 0 Å². The summed E-state index contributed by atoms with van der Waals surface area (Å²) < 4.78 is 16.2. The number of carbonyl (C=O) groups is 3. The fraction of sp³-hybridized carbons (Fsp3) is 0.478. The number of nitrogens with zero attached hydrogens (tertiary/aromatic N) is 1. The van der Waals surface area contributed by atoms with Gasteiger partial charge < -0.3 is 39.7 Å². The third-order valence-corrected chi connectivity index (χ3v) is 5.33. The van der Waals surface area contributed by atoms with E-state index in [1.807, 2.05) is 25.1 Å². The molecule has 0 aliphatic carbocycles. The molecule has 1 aromatic carbocycles. The van der Waals surface area contributed by atoms with Gasteiger partial charge in [-0.2, -0.15) is 0 Å². The number of hydrogen-bond donors (Lipinski definition) is 5. The summed E-state index contributed by atoms with van der Waals surface area (Å²) >= 11 is 0. The van der Waals surface area contributed by atoms with Crippen molar-refractivity contribution in [3.8, 4) is 5.75 Å². The van der Waals surface area contributed by atoms with Crippen LogP contribution in [0.4, 0.5) is 0 Å². The molecule has 1 aliphatic heterocycles. The van der Waals surface area contributed by atoms with Crippen molar-refractivity contribution >= 4 is 17.9 Å². The Bertz CT molecular complexity index is 990. The van der Waals surface area contributed by atoms with Crippen molar-refractivity contribution in [1.29, 1.82) is 0 Å². The topological polar surface area (TPSA) is 189 Å². The van der Waals surface area contributed by atoms with Crippen molar-refractivity contribution < 1.29 is 48.8 Å². The van der Waals surface area contributed by atoms with Crippen molar-refractivity contribution in [3.05, 3.63) is 47.3 Å². The Kier molecular flexibility index (Phi) is 10.2. The first-order chi connectivity index (χ1) is 16.5. The Morgan fingerprint density at radius 1 is 1.14 bits per heavy atom. The molecular formula is C23H30N2O10. The standard InChI is InChI=1S/C17H22N2O3.C6H8O7/c1-12-6-16(22-19-12)8-14-10-21-11-17(14)18-9-13-4-3-5-15(7-13)20-2;7-3(8)1-6(13,5(11)12)2-4(9)10/h3-7,14,17-18H,8-11H2,1-2H3;13H,1-2H2,(H,7,8)(H,9,10)(H,11,12)/t14-,17-;/m1./s1. The molecule has 35 heavy (non-hydrogen) atoms. The van der Waals surface area contributed by atoms with Gasteiger partial charge in [-0.25, -0.2) is 4.79 Å². The zero-order valence-corrected chi connectivity index (χ0v) is 19.5. The number of ether oxygens (including phenoxy) is 2. The molecular weight excluding hydrogens is 464 g/mol. The first-order valence-electron chi connectivity index (χ1n) is 10.8. The maximum absolute atomic E-state index is 10.3. The molecule has 0 bridgehead atoms. The molecule has 0 amide bonds. The maximum atomic E-state index is 10.3. The number of aliphatic carboxylic acids is 3. The average Bonchev–Trinajstić information content (AvgIpc) is 3.40. The predicted molar refractivity (Wildman–Crippen MR) is 120 cm³/mol. The van der Waals surface area contributed by atoms with Gasteiger partial charge in [-0.15, -0.1) is 0 Å². The first-order valence-corrected chi connectivity index (χ1v) is 10.8. The summed E-state index contributed by atoms with van der Waals surface area (Å²) in [5.74, 6) is -2.79. The van der Waals surface area contributed by atoms with E-state index in [2.05, 4.69) is 22.6 Å². The number of hydrogen-bond acceptors (Lipinski definition) is 9. The monoisotopic (exact) mass is 494 g/mol. The second-order valence-corrected chi connectivity index (χ2v) is 8.25. The minimum absolute atomic E-state index is 0.330. The number of aryl methyl sites for hydroxylation is 1. The molecule has 0 saturated carbocycles. The molecule has 12 heteroatoms. The molecule has 5 N–H and O–H groups in total. The van der Waals surface area contributed by atoms with Crippen LogP contribution >= 0.6 is 0 Å². The second-order valence-electron chi connectivity index (χ2n) is 8.25. The largest absolute Gasteiger partial charge is 0.497 e. The highest BCUT2D eigenvalue weighted by atomic mass is 16.5. The lowest BCUT2D eigenvalue weighted by Gasteiger charge is -2.18. The first kappa shape index (κ1) is 27.8. The lowest BCUT2D eigenvalue weighted by atomic mass is 9.96. The third-order valence-electron chi connectivity index (χ3n) is 5.33. The normalized spacial score (nSPS) is 17.3. The Morgan fingerprint density at radius 3 is 2.37 bits per heavy atom. The third kappa shape index (κ3) is 9.00. The van der Waals surface area contributed by atoms with Crippen LogP contribution in [0.25, 0.3) is 0 Å². The van der Waals surface area contributed by atoms with Crippen LogP contribution in [0.1, 0.15) is 29.9 Å². The molecule has 1 saturated heterocycles. The van der Waals surface area contributed by atoms with E-state index in [1.165, 1.54) is 5.56 Å². The lowest BCUT2D eigenvalue weighted by Crippen LogP contribution is -2.42. The van der Waals surface area contributed by atoms with Crippen molar-refractivity contribution in [1.82, 2.24) is 10.5 Å². The molecule has 12 nitrogen and oxygen atoms in total. The summed E-state index contributed by atoms with van der Waals surface area (Å²) in [6.07, 6.45) is -1.43. The molecule has 1 fully saturated rings. The highest BCUT2D eigenvalue weighted by molar-refractivity contribution is 5.88. The molecule has 2 atom stereocenters. The van der Waals surface area contributed by atoms with Gasteiger partial charge in [-0.1, -0.05) is 17.3 Å². The molecule has 2 aromatic rings. The fourth-order valence-corrected chi connectivity index (χ4v) is 3.54. The predicted octanol–water partition coefficient (Wildman–Crippen LogP) is 1.09. The van der Waals surface area contributed by atoms with Crippen LogP contribution in [-0.4, -0.2) is 75.5 Å². The van der Waals surface area contributed by atoms with Gasteiger partial charge in [0, 0.05) is 31.0 Å². The second kappa shape index (κ2) is 12.8. The van der Waals surface area contributed by atoms with Crippen molar-refractivity contribution in [2.75, 3.05) is 20.3 Å². The maximum Gasteiger partial charge on any atom is 0.336 e. The zero-order chi connectivity index (χ0) is 26.0. The van der Waals surface area contributed by atoms with Gasteiger partial charge in [0.1, 0.15) is 11.5 Å². The van der Waals surface area contributed by atoms with Gasteiger partial charge in [-0.05, 0) is 24.6 Å². The molecule has 2 heterocycles. The smallest absolute Gasteiger partial charge is 0.336 e. The van der Waals surface area contributed by atoms with E-state index in [-0.39, 0.29) is 0 Å². The van der Waals surface area contributed by atoms with E-state index in [4.69, 9.17) is 34.4 Å². The van der Waals surface area contributed by atoms with E-state index in [9.17, 15) is 14.4 Å². The summed E-state index contributed by atoms with van der Waals surface area (Å²) in [5.41, 5.74) is -0.604. The molecule has 0 radical (unpaired) electrons. The molecule has 1 aromatic heterocycles. The zero-order valence-electron chi connectivity index (χ0n) is 19.5. The SMILES string of the molecule is COc1cccc(CN[C@@H]2COC[C@H]2Cc2cc(C)no2)c1.O=C(O)CC(O)(CC(=O)O)C(=O)O. The number of benzene rings is 1. The quantitative estimate of drug-likeness (QED) is 0.299. The van der Waals surface area contributed by atoms with Crippen LogP contribution < -0.4 is 10.1 Å². The van der Waals surface area contributed by atoms with E-state index in [0.717, 1.165) is 43.4 Å². The summed E-state index contributed by atoms with van der Waals surface area (Å²) in [6.45, 7) is 4.24. The van der Waals surface area contributed by atoms with Crippen molar-refractivity contribution in [2.24, 2.45) is 5.92 Å². The lowest BCUT2D eigenvalue weighted by molar-refractivity contribution is -0.170. The summed E-state index contributed by atoms with van der Waals surface area (Å²) in [5, 5.41) is 41.3. The Labute approximate surface area is 201 Å². The molecule has 1 aliphatic rings. The number of carboxylic acids is 3. The molecule has 3 rings (SSSR count). The summed E-state index contributed by atoms with van der Waals surface area (Å²) in [7, 11) is 1.69. The van der Waals surface area contributed by atoms with E-state index >= 15 is 0 Å². The number of rotatable bonds is 11. The number of nitrogens with one attached hydrogen (secondary N) is 1. The van der Waals surface area contributed by atoms with Gasteiger partial charge in [-0.3, -0.25) is 9.59 Å². The molecule has 0 spiro atoms.